The van der Waals surface area contributed by atoms with Crippen molar-refractivity contribution in [3.05, 3.63) is 35.4 Å². The van der Waals surface area contributed by atoms with Crippen LogP contribution in [0.4, 0.5) is 0 Å². The van der Waals surface area contributed by atoms with Crippen LogP contribution in [0.25, 0.3) is 0 Å². The Hall–Kier alpha value is -0.670. The van der Waals surface area contributed by atoms with E-state index < -0.39 is 0 Å². The van der Waals surface area contributed by atoms with Gasteiger partial charge < -0.3 is 4.48 Å². The van der Waals surface area contributed by atoms with Gasteiger partial charge in [0.25, 0.3) is 0 Å². The van der Waals surface area contributed by atoms with E-state index in [-0.39, 0.29) is 0 Å². The van der Waals surface area contributed by atoms with Gasteiger partial charge in [0.15, 0.2) is 12.8 Å². The number of hydrogen-bond donors (Lipinski definition) is 0. The molecule has 0 N–H and O–H groups in total. The number of likely N-dealkylation sites (tertiary alicyclic amines) is 1. The number of alkyl halides is 1. The highest BCUT2D eigenvalue weighted by molar-refractivity contribution is 9.08. The van der Waals surface area contributed by atoms with Crippen molar-refractivity contribution >= 4 is 22.1 Å². The smallest absolute Gasteiger partial charge is 0.191 e. The van der Waals surface area contributed by atoms with E-state index in [1.165, 1.54) is 67.6 Å². The maximum atomic E-state index is 2.94. The standard InChI is InChI=1S/C16H24N2.CH3Br/c1-18(11-4-5-12-18)13-10-17-9-8-15-6-2-3-7-16(15)14-17;1-2/h2-3,6-7,14H,4-5,8-13H2,1H3;1H3/q+2;. The molecule has 110 valence electrons. The molecule has 2 aliphatic heterocycles. The van der Waals surface area contributed by atoms with Crippen molar-refractivity contribution in [3.63, 3.8) is 0 Å². The first-order valence-electron chi connectivity index (χ1n) is 7.63. The van der Waals surface area contributed by atoms with Gasteiger partial charge in [0, 0.05) is 24.8 Å². The van der Waals surface area contributed by atoms with Gasteiger partial charge in [0.2, 0.25) is 0 Å². The van der Waals surface area contributed by atoms with Crippen LogP contribution < -0.4 is 0 Å². The van der Waals surface area contributed by atoms with Crippen LogP contribution in [-0.2, 0) is 6.42 Å². The SMILES string of the molecule is CBr.C[N+]1(CC[N+]2=Cc3ccccc3CC2)CCCC1. The van der Waals surface area contributed by atoms with Gasteiger partial charge in [0.1, 0.15) is 13.1 Å². The van der Waals surface area contributed by atoms with E-state index in [2.05, 4.69) is 58.0 Å². The van der Waals surface area contributed by atoms with Gasteiger partial charge in [0.05, 0.1) is 20.1 Å². The number of nitrogens with zero attached hydrogens (tertiary/aromatic N) is 2. The minimum Gasteiger partial charge on any atom is -0.321 e. The number of benzene rings is 1. The first kappa shape index (κ1) is 15.7. The average Bonchev–Trinajstić information content (AvgIpc) is 2.94. The topological polar surface area (TPSA) is 3.01 Å². The van der Waals surface area contributed by atoms with Crippen LogP contribution in [0.15, 0.2) is 24.3 Å². The molecule has 1 aromatic rings. The Labute approximate surface area is 131 Å². The maximum Gasteiger partial charge on any atom is 0.191 e. The normalized spacial score (nSPS) is 19.6. The molecule has 0 unspecified atom stereocenters. The summed E-state index contributed by atoms with van der Waals surface area (Å²) in [5.74, 6) is 1.81. The third kappa shape index (κ3) is 3.92. The van der Waals surface area contributed by atoms with Crippen LogP contribution in [0.5, 0.6) is 0 Å². The number of likely N-dealkylation sites (N-methyl/N-ethyl adjacent to an activating group) is 1. The third-order valence-electron chi connectivity index (χ3n) is 4.62. The molecule has 0 saturated carbocycles. The van der Waals surface area contributed by atoms with Crippen molar-refractivity contribution in [1.29, 1.82) is 0 Å². The van der Waals surface area contributed by atoms with E-state index in [4.69, 9.17) is 0 Å². The van der Waals surface area contributed by atoms with E-state index in [0.717, 1.165) is 0 Å². The predicted octanol–water partition coefficient (Wildman–Crippen LogP) is 2.93. The van der Waals surface area contributed by atoms with Crippen LogP contribution >= 0.6 is 15.9 Å². The lowest BCUT2D eigenvalue weighted by Crippen LogP contribution is -2.45. The summed E-state index contributed by atoms with van der Waals surface area (Å²) in [5, 5.41) is 0. The van der Waals surface area contributed by atoms with Crippen LogP contribution in [0.1, 0.15) is 24.0 Å². The van der Waals surface area contributed by atoms with E-state index in [0.29, 0.717) is 0 Å². The Morgan fingerprint density at radius 3 is 2.60 bits per heavy atom. The molecular formula is C17H27BrN2+2. The average molecular weight is 339 g/mol. The van der Waals surface area contributed by atoms with Gasteiger partial charge in [-0.3, -0.25) is 0 Å². The van der Waals surface area contributed by atoms with Gasteiger partial charge in [-0.25, -0.2) is 4.58 Å². The van der Waals surface area contributed by atoms with Crippen LogP contribution in [0.3, 0.4) is 0 Å². The zero-order valence-electron chi connectivity index (χ0n) is 12.8. The zero-order valence-corrected chi connectivity index (χ0v) is 14.4. The Morgan fingerprint density at radius 1 is 1.15 bits per heavy atom. The maximum absolute atomic E-state index is 2.94. The molecule has 0 atom stereocenters. The molecule has 20 heavy (non-hydrogen) atoms. The van der Waals surface area contributed by atoms with Crippen molar-refractivity contribution in [3.8, 4) is 0 Å². The second-order valence-corrected chi connectivity index (χ2v) is 6.11. The molecule has 1 saturated heterocycles. The van der Waals surface area contributed by atoms with Crippen molar-refractivity contribution in [2.45, 2.75) is 19.3 Å². The molecule has 1 fully saturated rings. The number of fused-ring (bicyclic) bond motifs is 1. The fraction of sp³-hybridized carbons (Fsp3) is 0.588. The van der Waals surface area contributed by atoms with Gasteiger partial charge in [-0.05, 0) is 17.5 Å². The summed E-state index contributed by atoms with van der Waals surface area (Å²) in [6, 6.07) is 8.80. The summed E-state index contributed by atoms with van der Waals surface area (Å²) in [6.45, 7) is 6.47. The van der Waals surface area contributed by atoms with Crippen molar-refractivity contribution in [1.82, 2.24) is 0 Å². The number of halogens is 1. The molecule has 3 rings (SSSR count). The lowest BCUT2D eigenvalue weighted by Gasteiger charge is -2.28. The molecule has 2 nitrogen and oxygen atoms in total. The summed E-state index contributed by atoms with van der Waals surface area (Å²) in [7, 11) is 2.42. The summed E-state index contributed by atoms with van der Waals surface area (Å²) >= 11 is 2.94. The molecule has 2 aliphatic rings. The summed E-state index contributed by atoms with van der Waals surface area (Å²) in [5.41, 5.74) is 2.93. The molecule has 0 aromatic heterocycles. The van der Waals surface area contributed by atoms with Crippen molar-refractivity contribution in [2.75, 3.05) is 45.6 Å². The van der Waals surface area contributed by atoms with Crippen LogP contribution in [0, 0.1) is 0 Å². The van der Waals surface area contributed by atoms with E-state index >= 15 is 0 Å². The lowest BCUT2D eigenvalue weighted by molar-refractivity contribution is -0.904. The summed E-state index contributed by atoms with van der Waals surface area (Å²) in [6.07, 6.45) is 6.41. The van der Waals surface area contributed by atoms with E-state index in [1.54, 1.807) is 0 Å². The molecule has 0 bridgehead atoms. The Balaban J connectivity index is 0.000000704. The molecule has 1 aromatic carbocycles. The largest absolute Gasteiger partial charge is 0.321 e. The number of hydrogen-bond acceptors (Lipinski definition) is 0. The molecule has 2 heterocycles. The Bertz CT molecular complexity index is 462. The zero-order chi connectivity index (χ0) is 14.4. The number of quaternary nitrogens is 1. The minimum atomic E-state index is 1.19. The van der Waals surface area contributed by atoms with Crippen molar-refractivity contribution in [2.24, 2.45) is 0 Å². The number of rotatable bonds is 3. The highest BCUT2D eigenvalue weighted by Gasteiger charge is 2.28. The van der Waals surface area contributed by atoms with Crippen molar-refractivity contribution < 1.29 is 9.06 Å². The highest BCUT2D eigenvalue weighted by atomic mass is 79.9. The molecule has 0 radical (unpaired) electrons. The van der Waals surface area contributed by atoms with Gasteiger partial charge in [-0.1, -0.05) is 34.1 Å². The first-order chi connectivity index (χ1) is 9.75. The molecular weight excluding hydrogens is 312 g/mol. The lowest BCUT2D eigenvalue weighted by atomic mass is 10.0. The fourth-order valence-corrected chi connectivity index (χ4v) is 3.28. The quantitative estimate of drug-likeness (QED) is 0.453. The van der Waals surface area contributed by atoms with Gasteiger partial charge >= 0.3 is 0 Å². The predicted molar refractivity (Wildman–Crippen MR) is 90.2 cm³/mol. The molecule has 0 aliphatic carbocycles. The first-order valence-corrected chi connectivity index (χ1v) is 9.22. The third-order valence-corrected chi connectivity index (χ3v) is 4.62. The molecule has 0 spiro atoms. The Kier molecular flexibility index (Phi) is 5.79. The van der Waals surface area contributed by atoms with Gasteiger partial charge in [-0.2, -0.15) is 0 Å². The highest BCUT2D eigenvalue weighted by Crippen LogP contribution is 2.16. The second kappa shape index (κ2) is 7.37. The van der Waals surface area contributed by atoms with Gasteiger partial charge in [-0.15, -0.1) is 0 Å². The second-order valence-electron chi connectivity index (χ2n) is 6.11. The Morgan fingerprint density at radius 2 is 1.85 bits per heavy atom. The summed E-state index contributed by atoms with van der Waals surface area (Å²) < 4.78 is 3.80. The van der Waals surface area contributed by atoms with E-state index in [1.807, 2.05) is 5.83 Å². The fourth-order valence-electron chi connectivity index (χ4n) is 3.28. The van der Waals surface area contributed by atoms with Crippen LogP contribution in [-0.4, -0.2) is 60.9 Å². The summed E-state index contributed by atoms with van der Waals surface area (Å²) in [4.78, 5) is 0. The minimum absolute atomic E-state index is 1.19. The van der Waals surface area contributed by atoms with E-state index in [9.17, 15) is 0 Å². The molecule has 0 amide bonds. The van der Waals surface area contributed by atoms with Crippen LogP contribution in [0.2, 0.25) is 0 Å². The monoisotopic (exact) mass is 338 g/mol. The molecule has 3 heteroatoms.